The second-order valence-corrected chi connectivity index (χ2v) is 5.07. The van der Waals surface area contributed by atoms with Crippen LogP contribution in [0.1, 0.15) is 19.4 Å². The van der Waals surface area contributed by atoms with E-state index in [4.69, 9.17) is 10.5 Å². The average Bonchev–Trinajstić information content (AvgIpc) is 2.57. The first-order valence-corrected chi connectivity index (χ1v) is 6.18. The number of benzene rings is 1. The van der Waals surface area contributed by atoms with Gasteiger partial charge in [0, 0.05) is 17.6 Å². The third kappa shape index (κ3) is 1.71. The van der Waals surface area contributed by atoms with Gasteiger partial charge in [-0.25, -0.2) is 0 Å². The second kappa shape index (κ2) is 3.77. The molecule has 2 unspecified atom stereocenters. The summed E-state index contributed by atoms with van der Waals surface area (Å²) in [5.41, 5.74) is 8.46. The van der Waals surface area contributed by atoms with Gasteiger partial charge >= 0.3 is 0 Å². The summed E-state index contributed by atoms with van der Waals surface area (Å²) < 4.78 is 8.17. The molecule has 2 atom stereocenters. The Labute approximate surface area is 101 Å². The molecule has 2 N–H and O–H groups in total. The van der Waals surface area contributed by atoms with Gasteiger partial charge < -0.3 is 15.0 Å². The molecule has 0 spiro atoms. The summed E-state index contributed by atoms with van der Waals surface area (Å²) in [4.78, 5) is 0. The molecule has 0 saturated carbocycles. The molecule has 1 aromatic carbocycles. The van der Waals surface area contributed by atoms with E-state index in [1.165, 1.54) is 16.5 Å². The summed E-state index contributed by atoms with van der Waals surface area (Å²) in [6.45, 7) is 5.07. The molecule has 0 saturated heterocycles. The van der Waals surface area contributed by atoms with Gasteiger partial charge in [-0.3, -0.25) is 0 Å². The zero-order chi connectivity index (χ0) is 12.0. The zero-order valence-electron chi connectivity index (χ0n) is 10.3. The van der Waals surface area contributed by atoms with Crippen LogP contribution in [0.3, 0.4) is 0 Å². The highest BCUT2D eigenvalue weighted by atomic mass is 16.5. The van der Waals surface area contributed by atoms with E-state index in [0.29, 0.717) is 0 Å². The number of para-hydroxylation sites is 1. The fourth-order valence-electron chi connectivity index (χ4n) is 2.68. The molecule has 0 bridgehead atoms. The van der Waals surface area contributed by atoms with Crippen LogP contribution in [0, 0.1) is 0 Å². The van der Waals surface area contributed by atoms with Crippen molar-refractivity contribution in [1.29, 1.82) is 0 Å². The van der Waals surface area contributed by atoms with E-state index >= 15 is 0 Å². The highest BCUT2D eigenvalue weighted by Gasteiger charge is 2.20. The van der Waals surface area contributed by atoms with E-state index in [2.05, 4.69) is 29.8 Å². The largest absolute Gasteiger partial charge is 0.487 e. The van der Waals surface area contributed by atoms with Gasteiger partial charge in [-0.05, 0) is 31.9 Å². The van der Waals surface area contributed by atoms with Crippen molar-refractivity contribution in [2.75, 3.05) is 0 Å². The Morgan fingerprint density at radius 2 is 2.35 bits per heavy atom. The number of aromatic nitrogens is 1. The average molecular weight is 230 g/mol. The molecule has 0 radical (unpaired) electrons. The van der Waals surface area contributed by atoms with Gasteiger partial charge in [0.25, 0.3) is 0 Å². The fraction of sp³-hybridized carbons (Fsp3) is 0.429. The maximum atomic E-state index is 5.91. The topological polar surface area (TPSA) is 40.2 Å². The van der Waals surface area contributed by atoms with Crippen LogP contribution in [-0.2, 0) is 13.0 Å². The minimum absolute atomic E-state index is 0.191. The normalized spacial score (nSPS) is 20.3. The highest BCUT2D eigenvalue weighted by Crippen LogP contribution is 2.34. The first-order valence-electron chi connectivity index (χ1n) is 6.18. The first-order chi connectivity index (χ1) is 8.15. The number of nitrogens with two attached hydrogens (primary N) is 1. The summed E-state index contributed by atoms with van der Waals surface area (Å²) in [5.74, 6) is 0.997. The maximum Gasteiger partial charge on any atom is 0.144 e. The Hall–Kier alpha value is -1.48. The molecule has 1 aromatic heterocycles. The molecule has 0 fully saturated rings. The lowest BCUT2D eigenvalue weighted by molar-refractivity contribution is 0.190. The Kier molecular flexibility index (Phi) is 2.37. The quantitative estimate of drug-likeness (QED) is 0.860. The van der Waals surface area contributed by atoms with Gasteiger partial charge in [-0.1, -0.05) is 12.1 Å². The number of rotatable bonds is 2. The van der Waals surface area contributed by atoms with Crippen LogP contribution < -0.4 is 10.5 Å². The number of ether oxygens (including phenoxy) is 1. The Morgan fingerprint density at radius 3 is 3.12 bits per heavy atom. The summed E-state index contributed by atoms with van der Waals surface area (Å²) >= 11 is 0. The molecular formula is C14H18N2O. The van der Waals surface area contributed by atoms with Crippen LogP contribution in [0.25, 0.3) is 10.9 Å². The molecule has 2 aromatic rings. The van der Waals surface area contributed by atoms with E-state index < -0.39 is 0 Å². The standard InChI is InChI=1S/C14H18N2O/c1-9(15)6-11-8-16-7-10(2)17-13-5-3-4-12(11)14(13)16/h3-5,8-10H,6-7,15H2,1-2H3. The molecule has 3 nitrogen and oxygen atoms in total. The van der Waals surface area contributed by atoms with E-state index in [9.17, 15) is 0 Å². The Morgan fingerprint density at radius 1 is 1.53 bits per heavy atom. The molecule has 17 heavy (non-hydrogen) atoms. The molecular weight excluding hydrogens is 212 g/mol. The van der Waals surface area contributed by atoms with E-state index in [1.807, 2.05) is 13.0 Å². The fourth-order valence-corrected chi connectivity index (χ4v) is 2.68. The van der Waals surface area contributed by atoms with Crippen molar-refractivity contribution in [3.63, 3.8) is 0 Å². The van der Waals surface area contributed by atoms with Crippen molar-refractivity contribution in [3.05, 3.63) is 30.0 Å². The van der Waals surface area contributed by atoms with Crippen LogP contribution in [0.5, 0.6) is 5.75 Å². The lowest BCUT2D eigenvalue weighted by Crippen LogP contribution is -2.23. The highest BCUT2D eigenvalue weighted by molar-refractivity contribution is 5.89. The molecule has 3 heteroatoms. The first kappa shape index (κ1) is 10.7. The SMILES string of the molecule is CC(N)Cc1cn2c3c(cccc13)OC(C)C2. The molecule has 0 amide bonds. The molecule has 90 valence electrons. The molecule has 0 aliphatic carbocycles. The Bertz CT molecular complexity index is 557. The number of hydrogen-bond acceptors (Lipinski definition) is 2. The van der Waals surface area contributed by atoms with Crippen LogP contribution in [0.4, 0.5) is 0 Å². The maximum absolute atomic E-state index is 5.91. The molecule has 2 heterocycles. The molecule has 1 aliphatic rings. The predicted molar refractivity (Wildman–Crippen MR) is 69.4 cm³/mol. The molecule has 1 aliphatic heterocycles. The minimum atomic E-state index is 0.191. The number of nitrogens with zero attached hydrogens (tertiary/aromatic N) is 1. The summed E-state index contributed by atoms with van der Waals surface area (Å²) in [5, 5.41) is 1.28. The summed E-state index contributed by atoms with van der Waals surface area (Å²) in [7, 11) is 0. The van der Waals surface area contributed by atoms with E-state index in [1.54, 1.807) is 0 Å². The summed E-state index contributed by atoms with van der Waals surface area (Å²) in [6.07, 6.45) is 3.39. The third-order valence-corrected chi connectivity index (χ3v) is 3.27. The third-order valence-electron chi connectivity index (χ3n) is 3.27. The monoisotopic (exact) mass is 230 g/mol. The van der Waals surface area contributed by atoms with E-state index in [0.717, 1.165) is 18.7 Å². The predicted octanol–water partition coefficient (Wildman–Crippen LogP) is 2.31. The van der Waals surface area contributed by atoms with Gasteiger partial charge in [0.05, 0.1) is 12.1 Å². The van der Waals surface area contributed by atoms with Crippen LogP contribution in [0.2, 0.25) is 0 Å². The van der Waals surface area contributed by atoms with Crippen molar-refractivity contribution < 1.29 is 4.74 Å². The second-order valence-electron chi connectivity index (χ2n) is 5.07. The van der Waals surface area contributed by atoms with Crippen LogP contribution >= 0.6 is 0 Å². The lowest BCUT2D eigenvalue weighted by Gasteiger charge is -2.22. The van der Waals surface area contributed by atoms with Crippen molar-refractivity contribution in [3.8, 4) is 5.75 Å². The minimum Gasteiger partial charge on any atom is -0.487 e. The van der Waals surface area contributed by atoms with Gasteiger partial charge in [-0.15, -0.1) is 0 Å². The van der Waals surface area contributed by atoms with Gasteiger partial charge in [-0.2, -0.15) is 0 Å². The smallest absolute Gasteiger partial charge is 0.144 e. The van der Waals surface area contributed by atoms with E-state index in [-0.39, 0.29) is 12.1 Å². The van der Waals surface area contributed by atoms with Gasteiger partial charge in [0.15, 0.2) is 0 Å². The van der Waals surface area contributed by atoms with Gasteiger partial charge in [0.1, 0.15) is 11.9 Å². The van der Waals surface area contributed by atoms with Crippen molar-refractivity contribution in [2.24, 2.45) is 5.73 Å². The van der Waals surface area contributed by atoms with Crippen molar-refractivity contribution in [2.45, 2.75) is 39.0 Å². The Balaban J connectivity index is 2.19. The zero-order valence-corrected chi connectivity index (χ0v) is 10.3. The summed E-state index contributed by atoms with van der Waals surface area (Å²) in [6, 6.07) is 6.46. The lowest BCUT2D eigenvalue weighted by atomic mass is 10.1. The van der Waals surface area contributed by atoms with Crippen LogP contribution in [-0.4, -0.2) is 16.7 Å². The van der Waals surface area contributed by atoms with Crippen molar-refractivity contribution >= 4 is 10.9 Å². The van der Waals surface area contributed by atoms with Gasteiger partial charge in [0.2, 0.25) is 0 Å². The molecule has 3 rings (SSSR count). The van der Waals surface area contributed by atoms with Crippen LogP contribution in [0.15, 0.2) is 24.4 Å². The number of hydrogen-bond donors (Lipinski definition) is 1. The van der Waals surface area contributed by atoms with Crippen molar-refractivity contribution in [1.82, 2.24) is 4.57 Å².